The van der Waals surface area contributed by atoms with Crippen molar-refractivity contribution < 1.29 is 13.7 Å². The highest BCUT2D eigenvalue weighted by atomic mass is 35.5. The molecule has 0 unspecified atom stereocenters. The molecule has 0 radical (unpaired) electrons. The lowest BCUT2D eigenvalue weighted by Gasteiger charge is -2.35. The molecular formula is C24H25ClFN3O2. The zero-order valence-electron chi connectivity index (χ0n) is 17.4. The number of halogens is 2. The second kappa shape index (κ2) is 9.62. The summed E-state index contributed by atoms with van der Waals surface area (Å²) in [7, 11) is 0. The van der Waals surface area contributed by atoms with Gasteiger partial charge < -0.3 is 9.84 Å². The van der Waals surface area contributed by atoms with E-state index in [4.69, 9.17) is 16.1 Å². The first kappa shape index (κ1) is 21.5. The van der Waals surface area contributed by atoms with Crippen molar-refractivity contribution in [3.05, 3.63) is 76.2 Å². The van der Waals surface area contributed by atoms with Crippen LogP contribution in [0.15, 0.2) is 53.1 Å². The molecule has 0 spiro atoms. The Labute approximate surface area is 186 Å². The van der Waals surface area contributed by atoms with Crippen LogP contribution in [0.3, 0.4) is 0 Å². The molecule has 0 bridgehead atoms. The molecular weight excluding hydrogens is 417 g/mol. The molecule has 0 aliphatic carbocycles. The van der Waals surface area contributed by atoms with Gasteiger partial charge in [-0.25, -0.2) is 4.39 Å². The van der Waals surface area contributed by atoms with Crippen LogP contribution >= 0.6 is 11.6 Å². The van der Waals surface area contributed by atoms with E-state index in [0.29, 0.717) is 28.5 Å². The van der Waals surface area contributed by atoms with Crippen LogP contribution in [0.5, 0.6) is 0 Å². The Balaban J connectivity index is 1.47. The van der Waals surface area contributed by atoms with E-state index in [0.717, 1.165) is 31.5 Å². The van der Waals surface area contributed by atoms with Crippen LogP contribution in [-0.2, 0) is 0 Å². The second-order valence-electron chi connectivity index (χ2n) is 7.91. The van der Waals surface area contributed by atoms with Crippen molar-refractivity contribution in [3.63, 3.8) is 0 Å². The maximum Gasteiger partial charge on any atom is 0.273 e. The first-order valence-electron chi connectivity index (χ1n) is 10.5. The number of aromatic nitrogens is 1. The van der Waals surface area contributed by atoms with E-state index < -0.39 is 0 Å². The number of nitrogens with zero attached hydrogens (tertiary/aromatic N) is 2. The molecule has 1 saturated heterocycles. The minimum absolute atomic E-state index is 0.0547. The molecule has 1 atom stereocenters. The number of nitrogens with one attached hydrogen (secondary N) is 1. The summed E-state index contributed by atoms with van der Waals surface area (Å²) in [5.41, 5.74) is 2.38. The van der Waals surface area contributed by atoms with Crippen LogP contribution in [0.2, 0.25) is 5.02 Å². The summed E-state index contributed by atoms with van der Waals surface area (Å²) >= 11 is 6.06. The lowest BCUT2D eigenvalue weighted by Crippen LogP contribution is -2.40. The van der Waals surface area contributed by atoms with Gasteiger partial charge in [0.15, 0.2) is 11.5 Å². The Morgan fingerprint density at radius 3 is 2.61 bits per heavy atom. The summed E-state index contributed by atoms with van der Waals surface area (Å²) in [6.45, 7) is 4.13. The number of benzene rings is 2. The Morgan fingerprint density at radius 2 is 1.90 bits per heavy atom. The average Bonchev–Trinajstić information content (AvgIpc) is 3.28. The van der Waals surface area contributed by atoms with Gasteiger partial charge in [0.05, 0.1) is 6.04 Å². The van der Waals surface area contributed by atoms with E-state index in [1.165, 1.54) is 18.6 Å². The smallest absolute Gasteiger partial charge is 0.273 e. The molecule has 1 aliphatic heterocycles. The number of rotatable bonds is 6. The van der Waals surface area contributed by atoms with Gasteiger partial charge in [0.2, 0.25) is 0 Å². The van der Waals surface area contributed by atoms with E-state index >= 15 is 0 Å². The number of hydrogen-bond acceptors (Lipinski definition) is 4. The number of amides is 1. The Bertz CT molecular complexity index is 1050. The quantitative estimate of drug-likeness (QED) is 0.556. The molecule has 0 saturated carbocycles. The fourth-order valence-corrected chi connectivity index (χ4v) is 4.04. The number of aryl methyl sites for hydroxylation is 1. The van der Waals surface area contributed by atoms with Crippen LogP contribution in [0.25, 0.3) is 11.3 Å². The number of piperidine rings is 1. The van der Waals surface area contributed by atoms with Crippen molar-refractivity contribution in [1.82, 2.24) is 15.4 Å². The number of carbonyl (C=O) groups excluding carboxylic acids is 1. The lowest BCUT2D eigenvalue weighted by molar-refractivity contribution is 0.0915. The maximum absolute atomic E-state index is 13.8. The van der Waals surface area contributed by atoms with E-state index in [1.54, 1.807) is 19.1 Å². The van der Waals surface area contributed by atoms with E-state index in [-0.39, 0.29) is 23.5 Å². The normalized spacial score (nSPS) is 15.6. The highest BCUT2D eigenvalue weighted by molar-refractivity contribution is 6.30. The Hall–Kier alpha value is -2.70. The molecule has 1 amide bonds. The van der Waals surface area contributed by atoms with Gasteiger partial charge in [0.1, 0.15) is 5.82 Å². The molecule has 7 heteroatoms. The minimum atomic E-state index is -0.327. The van der Waals surface area contributed by atoms with Crippen LogP contribution in [-0.4, -0.2) is 35.6 Å². The topological polar surface area (TPSA) is 58.4 Å². The van der Waals surface area contributed by atoms with Crippen LogP contribution < -0.4 is 5.32 Å². The van der Waals surface area contributed by atoms with Crippen molar-refractivity contribution in [2.45, 2.75) is 32.2 Å². The van der Waals surface area contributed by atoms with Crippen molar-refractivity contribution in [2.24, 2.45) is 0 Å². The van der Waals surface area contributed by atoms with Gasteiger partial charge in [-0.2, -0.15) is 0 Å². The van der Waals surface area contributed by atoms with E-state index in [9.17, 15) is 9.18 Å². The third kappa shape index (κ3) is 5.14. The Kier molecular flexibility index (Phi) is 6.68. The van der Waals surface area contributed by atoms with Gasteiger partial charge in [0, 0.05) is 23.2 Å². The standard InChI is InChI=1S/C24H25ClFN3O2/c1-16-5-6-18(13-20(16)26)23-14-21(28-31-23)24(30)27-15-22(29-11-3-2-4-12-29)17-7-9-19(25)10-8-17/h5-10,13-14,22H,2-4,11-12,15H2,1H3,(H,27,30)/t22-/m1/s1. The molecule has 5 nitrogen and oxygen atoms in total. The van der Waals surface area contributed by atoms with Crippen molar-refractivity contribution in [3.8, 4) is 11.3 Å². The monoisotopic (exact) mass is 441 g/mol. The van der Waals surface area contributed by atoms with E-state index in [1.807, 2.05) is 24.3 Å². The highest BCUT2D eigenvalue weighted by Crippen LogP contribution is 2.26. The average molecular weight is 442 g/mol. The van der Waals surface area contributed by atoms with Gasteiger partial charge in [0.25, 0.3) is 5.91 Å². The third-order valence-corrected chi connectivity index (χ3v) is 5.99. The maximum atomic E-state index is 13.8. The molecule has 3 aromatic rings. The number of likely N-dealkylation sites (tertiary alicyclic amines) is 1. The molecule has 31 heavy (non-hydrogen) atoms. The molecule has 162 valence electrons. The summed E-state index contributed by atoms with van der Waals surface area (Å²) < 4.78 is 19.1. The third-order valence-electron chi connectivity index (χ3n) is 5.74. The predicted octanol–water partition coefficient (Wildman–Crippen LogP) is 5.40. The van der Waals surface area contributed by atoms with Gasteiger partial charge in [-0.3, -0.25) is 9.69 Å². The van der Waals surface area contributed by atoms with Crippen LogP contribution in [0.4, 0.5) is 4.39 Å². The fraction of sp³-hybridized carbons (Fsp3) is 0.333. The number of carbonyl (C=O) groups is 1. The van der Waals surface area contributed by atoms with Crippen molar-refractivity contribution in [2.75, 3.05) is 19.6 Å². The Morgan fingerprint density at radius 1 is 1.16 bits per heavy atom. The van der Waals surface area contributed by atoms with E-state index in [2.05, 4.69) is 15.4 Å². The minimum Gasteiger partial charge on any atom is -0.355 e. The molecule has 2 heterocycles. The van der Waals surface area contributed by atoms with Crippen LogP contribution in [0, 0.1) is 12.7 Å². The molecule has 1 fully saturated rings. The van der Waals surface area contributed by atoms with Gasteiger partial charge in [-0.05, 0) is 62.2 Å². The predicted molar refractivity (Wildman–Crippen MR) is 119 cm³/mol. The van der Waals surface area contributed by atoms with Gasteiger partial charge in [-0.1, -0.05) is 47.4 Å². The summed E-state index contributed by atoms with van der Waals surface area (Å²) in [5.74, 6) is -0.292. The second-order valence-corrected chi connectivity index (χ2v) is 8.35. The lowest BCUT2D eigenvalue weighted by atomic mass is 10.0. The molecule has 4 rings (SSSR count). The molecule has 1 aliphatic rings. The first-order valence-corrected chi connectivity index (χ1v) is 10.9. The summed E-state index contributed by atoms with van der Waals surface area (Å²) in [5, 5.41) is 7.55. The SMILES string of the molecule is Cc1ccc(-c2cc(C(=O)NC[C@H](c3ccc(Cl)cc3)N3CCCCC3)no2)cc1F. The summed E-state index contributed by atoms with van der Waals surface area (Å²) in [6, 6.07) is 14.2. The van der Waals surface area contributed by atoms with Gasteiger partial charge in [-0.15, -0.1) is 0 Å². The van der Waals surface area contributed by atoms with Gasteiger partial charge >= 0.3 is 0 Å². The number of hydrogen-bond donors (Lipinski definition) is 1. The summed E-state index contributed by atoms with van der Waals surface area (Å²) in [6.07, 6.45) is 3.53. The first-order chi connectivity index (χ1) is 15.0. The van der Waals surface area contributed by atoms with Crippen molar-refractivity contribution in [1.29, 1.82) is 0 Å². The molecule has 1 aromatic heterocycles. The van der Waals surface area contributed by atoms with Crippen molar-refractivity contribution >= 4 is 17.5 Å². The zero-order chi connectivity index (χ0) is 21.8. The fourth-order valence-electron chi connectivity index (χ4n) is 3.92. The highest BCUT2D eigenvalue weighted by Gasteiger charge is 2.24. The summed E-state index contributed by atoms with van der Waals surface area (Å²) in [4.78, 5) is 15.1. The largest absolute Gasteiger partial charge is 0.355 e. The zero-order valence-corrected chi connectivity index (χ0v) is 18.2. The van der Waals surface area contributed by atoms with Crippen LogP contribution in [0.1, 0.15) is 46.9 Å². The molecule has 2 aromatic carbocycles. The molecule has 1 N–H and O–H groups in total.